The molecule has 0 spiro atoms. The topological polar surface area (TPSA) is 83.8 Å². The van der Waals surface area contributed by atoms with Crippen LogP contribution in [0.5, 0.6) is 11.5 Å². The Kier molecular flexibility index (Phi) is 3.70. The first kappa shape index (κ1) is 13.6. The van der Waals surface area contributed by atoms with Crippen LogP contribution in [0, 0.1) is 6.92 Å². The molecule has 0 aromatic heterocycles. The van der Waals surface area contributed by atoms with E-state index < -0.39 is 11.9 Å². The van der Waals surface area contributed by atoms with Crippen LogP contribution in [0.2, 0.25) is 0 Å². The molecule has 0 unspecified atom stereocenters. The van der Waals surface area contributed by atoms with Crippen LogP contribution in [-0.2, 0) is 0 Å². The lowest BCUT2D eigenvalue weighted by Crippen LogP contribution is -2.11. The van der Waals surface area contributed by atoms with Crippen molar-refractivity contribution < 1.29 is 24.5 Å². The van der Waals surface area contributed by atoms with Crippen LogP contribution in [-0.4, -0.2) is 22.2 Å². The number of ether oxygens (including phenoxy) is 1. The zero-order chi connectivity index (χ0) is 14.7. The number of phenols is 1. The number of carbonyl (C=O) groups is 2. The molecule has 0 amide bonds. The number of hydrogen-bond acceptors (Lipinski definition) is 4. The Hall–Kier alpha value is -2.82. The van der Waals surface area contributed by atoms with Gasteiger partial charge in [0.05, 0.1) is 11.1 Å². The van der Waals surface area contributed by atoms with E-state index in [1.807, 2.05) is 0 Å². The summed E-state index contributed by atoms with van der Waals surface area (Å²) in [6.07, 6.45) is 0. The van der Waals surface area contributed by atoms with Gasteiger partial charge in [-0.15, -0.1) is 0 Å². The van der Waals surface area contributed by atoms with Crippen LogP contribution in [0.3, 0.4) is 0 Å². The molecule has 0 radical (unpaired) electrons. The first-order valence-corrected chi connectivity index (χ1v) is 5.82. The smallest absolute Gasteiger partial charge is 0.343 e. The predicted octanol–water partition coefficient (Wildman–Crippen LogP) is 2.62. The summed E-state index contributed by atoms with van der Waals surface area (Å²) < 4.78 is 5.13. The summed E-state index contributed by atoms with van der Waals surface area (Å²) in [5.74, 6) is -1.42. The highest BCUT2D eigenvalue weighted by molar-refractivity contribution is 5.96. The Morgan fingerprint density at radius 1 is 1.05 bits per heavy atom. The minimum absolute atomic E-state index is 0.0215. The Morgan fingerprint density at radius 3 is 2.30 bits per heavy atom. The number of esters is 1. The molecule has 2 rings (SSSR count). The number of carbonyl (C=O) groups excluding carboxylic acids is 1. The summed E-state index contributed by atoms with van der Waals surface area (Å²) in [6, 6.07) is 9.94. The van der Waals surface area contributed by atoms with Crippen LogP contribution in [0.1, 0.15) is 26.3 Å². The molecule has 102 valence electrons. The molecule has 0 atom stereocenters. The number of rotatable bonds is 3. The summed E-state index contributed by atoms with van der Waals surface area (Å²) in [4.78, 5) is 22.9. The SMILES string of the molecule is Cc1ccc(C(=O)O)cc1C(=O)Oc1ccc(O)cc1. The van der Waals surface area contributed by atoms with Crippen LogP contribution in [0.25, 0.3) is 0 Å². The van der Waals surface area contributed by atoms with Gasteiger partial charge in [0.15, 0.2) is 0 Å². The Bertz CT molecular complexity index is 658. The zero-order valence-electron chi connectivity index (χ0n) is 10.7. The maximum Gasteiger partial charge on any atom is 0.343 e. The zero-order valence-corrected chi connectivity index (χ0v) is 10.7. The molecular formula is C15H12O5. The monoisotopic (exact) mass is 272 g/mol. The van der Waals surface area contributed by atoms with Gasteiger partial charge in [0.25, 0.3) is 0 Å². The molecule has 2 aromatic rings. The van der Waals surface area contributed by atoms with Gasteiger partial charge in [-0.3, -0.25) is 0 Å². The largest absolute Gasteiger partial charge is 0.508 e. The molecular weight excluding hydrogens is 260 g/mol. The molecule has 0 saturated carbocycles. The van der Waals surface area contributed by atoms with Gasteiger partial charge in [0.2, 0.25) is 0 Å². The van der Waals surface area contributed by atoms with Crippen molar-refractivity contribution in [1.29, 1.82) is 0 Å². The summed E-state index contributed by atoms with van der Waals surface area (Å²) in [5, 5.41) is 18.1. The lowest BCUT2D eigenvalue weighted by molar-refractivity contribution is 0.0697. The molecule has 20 heavy (non-hydrogen) atoms. The van der Waals surface area contributed by atoms with Crippen molar-refractivity contribution in [2.75, 3.05) is 0 Å². The van der Waals surface area contributed by atoms with E-state index in [0.717, 1.165) is 0 Å². The summed E-state index contributed by atoms with van der Waals surface area (Å²) >= 11 is 0. The van der Waals surface area contributed by atoms with Crippen LogP contribution in [0.15, 0.2) is 42.5 Å². The Balaban J connectivity index is 2.26. The van der Waals surface area contributed by atoms with Gasteiger partial charge in [-0.05, 0) is 48.9 Å². The van der Waals surface area contributed by atoms with Crippen molar-refractivity contribution in [3.05, 3.63) is 59.2 Å². The van der Waals surface area contributed by atoms with Crippen LogP contribution >= 0.6 is 0 Å². The fourth-order valence-electron chi connectivity index (χ4n) is 1.65. The normalized spacial score (nSPS) is 10.1. The fourth-order valence-corrected chi connectivity index (χ4v) is 1.65. The third kappa shape index (κ3) is 2.95. The predicted molar refractivity (Wildman–Crippen MR) is 71.2 cm³/mol. The lowest BCUT2D eigenvalue weighted by Gasteiger charge is -2.07. The summed E-state index contributed by atoms with van der Waals surface area (Å²) in [5.41, 5.74) is 0.838. The maximum atomic E-state index is 12.0. The fraction of sp³-hybridized carbons (Fsp3) is 0.0667. The highest BCUT2D eigenvalue weighted by Gasteiger charge is 2.14. The lowest BCUT2D eigenvalue weighted by atomic mass is 10.1. The molecule has 0 heterocycles. The van der Waals surface area contributed by atoms with Gasteiger partial charge in [0, 0.05) is 0 Å². The molecule has 0 saturated heterocycles. The van der Waals surface area contributed by atoms with Crippen molar-refractivity contribution in [1.82, 2.24) is 0 Å². The van der Waals surface area contributed by atoms with E-state index in [4.69, 9.17) is 14.9 Å². The standard InChI is InChI=1S/C15H12O5/c1-9-2-3-10(14(17)18)8-13(9)15(19)20-12-6-4-11(16)5-7-12/h2-8,16H,1H3,(H,17,18). The highest BCUT2D eigenvalue weighted by Crippen LogP contribution is 2.19. The van der Waals surface area contributed by atoms with Gasteiger partial charge in [0.1, 0.15) is 11.5 Å². The maximum absolute atomic E-state index is 12.0. The number of aryl methyl sites for hydroxylation is 1. The van der Waals surface area contributed by atoms with Gasteiger partial charge in [-0.1, -0.05) is 6.07 Å². The molecule has 0 bridgehead atoms. The third-order valence-corrected chi connectivity index (χ3v) is 2.75. The minimum Gasteiger partial charge on any atom is -0.508 e. The van der Waals surface area contributed by atoms with Gasteiger partial charge < -0.3 is 14.9 Å². The average Bonchev–Trinajstić information content (AvgIpc) is 2.41. The van der Waals surface area contributed by atoms with E-state index in [1.165, 1.54) is 36.4 Å². The first-order chi connectivity index (χ1) is 9.47. The number of phenolic OH excluding ortho intramolecular Hbond substituents is 1. The molecule has 0 fully saturated rings. The Labute approximate surface area is 115 Å². The molecule has 2 N–H and O–H groups in total. The number of aromatic hydroxyl groups is 1. The second kappa shape index (κ2) is 5.44. The first-order valence-electron chi connectivity index (χ1n) is 5.82. The van der Waals surface area contributed by atoms with Crippen LogP contribution in [0.4, 0.5) is 0 Å². The van der Waals surface area contributed by atoms with Gasteiger partial charge >= 0.3 is 11.9 Å². The molecule has 0 aliphatic rings. The number of hydrogen-bond donors (Lipinski definition) is 2. The van der Waals surface area contributed by atoms with Crippen molar-refractivity contribution in [2.24, 2.45) is 0 Å². The van der Waals surface area contributed by atoms with Crippen molar-refractivity contribution >= 4 is 11.9 Å². The number of carboxylic acids is 1. The summed E-state index contributed by atoms with van der Waals surface area (Å²) in [6.45, 7) is 1.69. The second-order valence-corrected chi connectivity index (χ2v) is 4.22. The van der Waals surface area contributed by atoms with E-state index >= 15 is 0 Å². The van der Waals surface area contributed by atoms with Crippen LogP contribution < -0.4 is 4.74 Å². The van der Waals surface area contributed by atoms with E-state index in [9.17, 15) is 9.59 Å². The number of carboxylic acid groups (broad SMARTS) is 1. The highest BCUT2D eigenvalue weighted by atomic mass is 16.5. The number of benzene rings is 2. The molecule has 5 heteroatoms. The second-order valence-electron chi connectivity index (χ2n) is 4.22. The van der Waals surface area contributed by atoms with E-state index in [-0.39, 0.29) is 22.6 Å². The van der Waals surface area contributed by atoms with Crippen molar-refractivity contribution in [3.8, 4) is 11.5 Å². The van der Waals surface area contributed by atoms with E-state index in [2.05, 4.69) is 0 Å². The molecule has 2 aromatic carbocycles. The summed E-state index contributed by atoms with van der Waals surface area (Å²) in [7, 11) is 0. The molecule has 0 aliphatic carbocycles. The molecule has 5 nitrogen and oxygen atoms in total. The number of aromatic carboxylic acids is 1. The van der Waals surface area contributed by atoms with Gasteiger partial charge in [-0.25, -0.2) is 9.59 Å². The van der Waals surface area contributed by atoms with Gasteiger partial charge in [-0.2, -0.15) is 0 Å². The Morgan fingerprint density at radius 2 is 1.70 bits per heavy atom. The third-order valence-electron chi connectivity index (χ3n) is 2.75. The van der Waals surface area contributed by atoms with E-state index in [1.54, 1.807) is 13.0 Å². The molecule has 0 aliphatic heterocycles. The minimum atomic E-state index is -1.11. The quantitative estimate of drug-likeness (QED) is 0.662. The van der Waals surface area contributed by atoms with Crippen molar-refractivity contribution in [2.45, 2.75) is 6.92 Å². The average molecular weight is 272 g/mol. The van der Waals surface area contributed by atoms with Crippen molar-refractivity contribution in [3.63, 3.8) is 0 Å². The van der Waals surface area contributed by atoms with E-state index in [0.29, 0.717) is 5.56 Å².